The molecule has 5 heteroatoms. The number of likely N-dealkylation sites (N-methyl/N-ethyl adjacent to an activating group) is 1. The van der Waals surface area contributed by atoms with Crippen molar-refractivity contribution in [2.75, 3.05) is 26.0 Å². The quantitative estimate of drug-likeness (QED) is 0.764. The van der Waals surface area contributed by atoms with Gasteiger partial charge in [0.25, 0.3) is 5.91 Å². The maximum atomic E-state index is 12.6. The summed E-state index contributed by atoms with van der Waals surface area (Å²) < 4.78 is 0. The highest BCUT2D eigenvalue weighted by Crippen LogP contribution is 2.19. The van der Waals surface area contributed by atoms with Gasteiger partial charge in [-0.1, -0.05) is 43.7 Å². The normalized spacial score (nSPS) is 11.8. The van der Waals surface area contributed by atoms with Crippen LogP contribution in [0.25, 0.3) is 0 Å². The maximum Gasteiger partial charge on any atom is 0.251 e. The Kier molecular flexibility index (Phi) is 7.36. The van der Waals surface area contributed by atoms with E-state index in [4.69, 9.17) is 0 Å². The van der Waals surface area contributed by atoms with Crippen LogP contribution < -0.4 is 10.6 Å². The van der Waals surface area contributed by atoms with E-state index < -0.39 is 0 Å². The largest absolute Gasteiger partial charge is 0.345 e. The fourth-order valence-corrected chi connectivity index (χ4v) is 2.73. The van der Waals surface area contributed by atoms with Crippen LogP contribution in [0.1, 0.15) is 41.7 Å². The van der Waals surface area contributed by atoms with E-state index in [2.05, 4.69) is 17.6 Å². The Bertz CT molecular complexity index is 712. The predicted molar refractivity (Wildman–Crippen MR) is 105 cm³/mol. The molecule has 1 atom stereocenters. The third-order valence-electron chi connectivity index (χ3n) is 3.98. The number of rotatable bonds is 8. The van der Waals surface area contributed by atoms with E-state index >= 15 is 0 Å². The fraction of sp³-hybridized carbons (Fsp3) is 0.333. The summed E-state index contributed by atoms with van der Waals surface area (Å²) in [7, 11) is 3.68. The van der Waals surface area contributed by atoms with E-state index in [0.29, 0.717) is 17.8 Å². The standard InChI is InChI=1S/C21H27N3O2/c1-4-8-19(16-9-6-5-7-10-16)23-21(26)17-11-13-18(14-12-17)22-20(25)15-24(2)3/h5-7,9-14,19H,4,8,15H2,1-3H3,(H,22,25)(H,23,26)/t19-/m1/s1. The van der Waals surface area contributed by atoms with Crippen molar-refractivity contribution >= 4 is 17.5 Å². The minimum absolute atomic E-state index is 0.00632. The zero-order valence-electron chi connectivity index (χ0n) is 15.7. The highest BCUT2D eigenvalue weighted by Gasteiger charge is 2.15. The van der Waals surface area contributed by atoms with Crippen LogP contribution in [0.3, 0.4) is 0 Å². The average Bonchev–Trinajstić information content (AvgIpc) is 2.62. The molecule has 0 heterocycles. The number of nitrogens with one attached hydrogen (secondary N) is 2. The number of nitrogens with zero attached hydrogens (tertiary/aromatic N) is 1. The number of carbonyl (C=O) groups excluding carboxylic acids is 2. The monoisotopic (exact) mass is 353 g/mol. The summed E-state index contributed by atoms with van der Waals surface area (Å²) in [6, 6.07) is 17.0. The van der Waals surface area contributed by atoms with Crippen LogP contribution in [-0.4, -0.2) is 37.4 Å². The molecule has 138 valence electrons. The van der Waals surface area contributed by atoms with Gasteiger partial charge < -0.3 is 15.5 Å². The van der Waals surface area contributed by atoms with Gasteiger partial charge >= 0.3 is 0 Å². The molecule has 2 aromatic rings. The van der Waals surface area contributed by atoms with Crippen molar-refractivity contribution in [1.82, 2.24) is 10.2 Å². The third-order valence-corrected chi connectivity index (χ3v) is 3.98. The minimum Gasteiger partial charge on any atom is -0.345 e. The van der Waals surface area contributed by atoms with Gasteiger partial charge in [0.1, 0.15) is 0 Å². The number of benzene rings is 2. The lowest BCUT2D eigenvalue weighted by atomic mass is 10.0. The molecule has 0 aliphatic carbocycles. The molecule has 2 aromatic carbocycles. The molecule has 0 aliphatic heterocycles. The van der Waals surface area contributed by atoms with Crippen LogP contribution in [0, 0.1) is 0 Å². The highest BCUT2D eigenvalue weighted by molar-refractivity contribution is 5.96. The number of amides is 2. The van der Waals surface area contributed by atoms with Crippen LogP contribution >= 0.6 is 0 Å². The predicted octanol–water partition coefficient (Wildman–Crippen LogP) is 3.46. The van der Waals surface area contributed by atoms with Gasteiger partial charge in [0.15, 0.2) is 0 Å². The molecule has 0 bridgehead atoms. The number of hydrogen-bond acceptors (Lipinski definition) is 3. The van der Waals surface area contributed by atoms with Gasteiger partial charge in [-0.3, -0.25) is 9.59 Å². The lowest BCUT2D eigenvalue weighted by Gasteiger charge is -2.19. The minimum atomic E-state index is -0.113. The van der Waals surface area contributed by atoms with E-state index in [1.807, 2.05) is 44.4 Å². The van der Waals surface area contributed by atoms with E-state index in [-0.39, 0.29) is 17.9 Å². The second kappa shape index (κ2) is 9.73. The SMILES string of the molecule is CCC[C@@H](NC(=O)c1ccc(NC(=O)CN(C)C)cc1)c1ccccc1. The Morgan fingerprint density at radius 2 is 1.65 bits per heavy atom. The summed E-state index contributed by atoms with van der Waals surface area (Å²) in [5.74, 6) is -0.197. The molecule has 0 saturated heterocycles. The fourth-order valence-electron chi connectivity index (χ4n) is 2.73. The summed E-state index contributed by atoms with van der Waals surface area (Å²) in [6.07, 6.45) is 1.87. The Labute approximate surface area is 155 Å². The summed E-state index contributed by atoms with van der Waals surface area (Å²) in [5, 5.41) is 5.92. The van der Waals surface area contributed by atoms with Crippen LogP contribution in [0.15, 0.2) is 54.6 Å². The van der Waals surface area contributed by atoms with Crippen molar-refractivity contribution in [2.24, 2.45) is 0 Å². The topological polar surface area (TPSA) is 61.4 Å². The zero-order chi connectivity index (χ0) is 18.9. The first-order valence-corrected chi connectivity index (χ1v) is 8.90. The van der Waals surface area contributed by atoms with Crippen LogP contribution in [-0.2, 0) is 4.79 Å². The molecule has 0 saturated carbocycles. The average molecular weight is 353 g/mol. The summed E-state index contributed by atoms with van der Waals surface area (Å²) in [5.41, 5.74) is 2.37. The zero-order valence-corrected chi connectivity index (χ0v) is 15.7. The molecule has 0 aromatic heterocycles. The molecule has 2 N–H and O–H groups in total. The van der Waals surface area contributed by atoms with Crippen molar-refractivity contribution < 1.29 is 9.59 Å². The lowest BCUT2D eigenvalue weighted by molar-refractivity contribution is -0.116. The Morgan fingerprint density at radius 3 is 2.23 bits per heavy atom. The summed E-state index contributed by atoms with van der Waals surface area (Å²) in [6.45, 7) is 2.42. The van der Waals surface area contributed by atoms with Crippen molar-refractivity contribution in [3.8, 4) is 0 Å². The van der Waals surface area contributed by atoms with E-state index in [1.165, 1.54) is 0 Å². The molecule has 0 radical (unpaired) electrons. The van der Waals surface area contributed by atoms with Crippen molar-refractivity contribution in [3.63, 3.8) is 0 Å². The number of anilines is 1. The molecule has 0 unspecified atom stereocenters. The number of hydrogen-bond donors (Lipinski definition) is 2. The van der Waals surface area contributed by atoms with Gasteiger partial charge in [0.05, 0.1) is 12.6 Å². The highest BCUT2D eigenvalue weighted by atomic mass is 16.2. The van der Waals surface area contributed by atoms with Crippen molar-refractivity contribution in [2.45, 2.75) is 25.8 Å². The van der Waals surface area contributed by atoms with Gasteiger partial charge in [0, 0.05) is 11.3 Å². The van der Waals surface area contributed by atoms with Gasteiger partial charge in [-0.15, -0.1) is 0 Å². The molecule has 0 aliphatic rings. The molecule has 0 fully saturated rings. The molecule has 5 nitrogen and oxygen atoms in total. The smallest absolute Gasteiger partial charge is 0.251 e. The molecule has 26 heavy (non-hydrogen) atoms. The van der Waals surface area contributed by atoms with Crippen molar-refractivity contribution in [1.29, 1.82) is 0 Å². The lowest BCUT2D eigenvalue weighted by Crippen LogP contribution is -2.28. The molecular weight excluding hydrogens is 326 g/mol. The van der Waals surface area contributed by atoms with Crippen LogP contribution in [0.4, 0.5) is 5.69 Å². The van der Waals surface area contributed by atoms with Gasteiger partial charge in [-0.25, -0.2) is 0 Å². The maximum absolute atomic E-state index is 12.6. The Balaban J connectivity index is 2.01. The number of carbonyl (C=O) groups is 2. The van der Waals surface area contributed by atoms with Crippen LogP contribution in [0.5, 0.6) is 0 Å². The molecular formula is C21H27N3O2. The summed E-state index contributed by atoms with van der Waals surface area (Å²) in [4.78, 5) is 26.2. The van der Waals surface area contributed by atoms with E-state index in [1.54, 1.807) is 29.2 Å². The van der Waals surface area contributed by atoms with Crippen molar-refractivity contribution in [3.05, 3.63) is 65.7 Å². The van der Waals surface area contributed by atoms with Gasteiger partial charge in [0.2, 0.25) is 5.91 Å². The first-order chi connectivity index (χ1) is 12.5. The summed E-state index contributed by atoms with van der Waals surface area (Å²) >= 11 is 0. The Morgan fingerprint density at radius 1 is 1.00 bits per heavy atom. The van der Waals surface area contributed by atoms with E-state index in [9.17, 15) is 9.59 Å². The van der Waals surface area contributed by atoms with E-state index in [0.717, 1.165) is 18.4 Å². The Hall–Kier alpha value is -2.66. The van der Waals surface area contributed by atoms with Gasteiger partial charge in [-0.2, -0.15) is 0 Å². The van der Waals surface area contributed by atoms with Crippen LogP contribution in [0.2, 0.25) is 0 Å². The molecule has 0 spiro atoms. The molecule has 2 amide bonds. The first kappa shape index (κ1) is 19.7. The first-order valence-electron chi connectivity index (χ1n) is 8.90. The third kappa shape index (κ3) is 6.01. The second-order valence-electron chi connectivity index (χ2n) is 6.59. The second-order valence-corrected chi connectivity index (χ2v) is 6.59. The van der Waals surface area contributed by atoms with Gasteiger partial charge in [-0.05, 0) is 50.3 Å². The molecule has 2 rings (SSSR count).